The molecule has 12 heteroatoms. The van der Waals surface area contributed by atoms with Gasteiger partial charge in [-0.1, -0.05) is 30.3 Å². The van der Waals surface area contributed by atoms with Gasteiger partial charge in [-0.25, -0.2) is 14.8 Å². The van der Waals surface area contributed by atoms with Crippen molar-refractivity contribution in [2.75, 3.05) is 46.5 Å². The van der Waals surface area contributed by atoms with Gasteiger partial charge in [0.15, 0.2) is 5.90 Å². The lowest BCUT2D eigenvalue weighted by atomic mass is 9.84. The molecule has 2 saturated heterocycles. The van der Waals surface area contributed by atoms with Crippen molar-refractivity contribution in [1.82, 2.24) is 14.8 Å². The number of urea groups is 1. The summed E-state index contributed by atoms with van der Waals surface area (Å²) in [5.41, 5.74) is 1.88. The Bertz CT molecular complexity index is 1170. The van der Waals surface area contributed by atoms with Gasteiger partial charge in [-0.3, -0.25) is 0 Å². The number of carbonyl (C=O) groups is 1. The van der Waals surface area contributed by atoms with Crippen molar-refractivity contribution >= 4 is 29.2 Å². The van der Waals surface area contributed by atoms with Gasteiger partial charge < -0.3 is 24.0 Å². The summed E-state index contributed by atoms with van der Waals surface area (Å²) in [5.74, 6) is -0.377. The van der Waals surface area contributed by atoms with Crippen LogP contribution in [0.15, 0.2) is 54.2 Å². The molecule has 2 unspecified atom stereocenters. The molecule has 38 heavy (non-hydrogen) atoms. The first-order valence-electron chi connectivity index (χ1n) is 12.0. The molecule has 2 aliphatic rings. The second-order valence-electron chi connectivity index (χ2n) is 9.00. The maximum Gasteiger partial charge on any atom is 0.573 e. The van der Waals surface area contributed by atoms with Crippen LogP contribution in [0.1, 0.15) is 23.5 Å². The van der Waals surface area contributed by atoms with E-state index in [2.05, 4.69) is 21.3 Å². The summed E-state index contributed by atoms with van der Waals surface area (Å²) in [4.78, 5) is 25.5. The van der Waals surface area contributed by atoms with E-state index in [4.69, 9.17) is 21.1 Å². The molecule has 0 N–H and O–H groups in total. The normalized spacial score (nSPS) is 20.7. The Morgan fingerprint density at radius 3 is 2.50 bits per heavy atom. The molecule has 2 fully saturated rings. The Labute approximate surface area is 223 Å². The third kappa shape index (κ3) is 7.16. The minimum absolute atomic E-state index is 0.129. The fourth-order valence-corrected chi connectivity index (χ4v) is 4.83. The van der Waals surface area contributed by atoms with E-state index in [1.54, 1.807) is 40.3 Å². The summed E-state index contributed by atoms with van der Waals surface area (Å²) in [6.07, 6.45) is -2.66. The number of likely N-dealkylation sites (tertiary alicyclic amines) is 1. The number of hydrogen-bond donors (Lipinski definition) is 0. The largest absolute Gasteiger partial charge is 0.573 e. The van der Waals surface area contributed by atoms with E-state index in [9.17, 15) is 18.0 Å². The number of carbonyl (C=O) groups excluding carboxylic acids is 1. The molecule has 3 heterocycles. The van der Waals surface area contributed by atoms with Gasteiger partial charge in [-0.15, -0.1) is 13.2 Å². The van der Waals surface area contributed by atoms with Gasteiger partial charge in [0.25, 0.3) is 0 Å². The van der Waals surface area contributed by atoms with Gasteiger partial charge in [-0.2, -0.15) is 0 Å². The minimum Gasteiger partial charge on any atom is -0.484 e. The number of aromatic nitrogens is 1. The van der Waals surface area contributed by atoms with Gasteiger partial charge in [0.2, 0.25) is 0 Å². The number of amides is 2. The van der Waals surface area contributed by atoms with E-state index in [0.717, 1.165) is 5.56 Å². The summed E-state index contributed by atoms with van der Waals surface area (Å²) >= 11 is 6.01. The molecule has 1 aromatic carbocycles. The lowest BCUT2D eigenvalue weighted by molar-refractivity contribution is -0.274. The zero-order valence-electron chi connectivity index (χ0n) is 20.8. The van der Waals surface area contributed by atoms with Crippen molar-refractivity contribution < 1.29 is 32.2 Å². The predicted molar refractivity (Wildman–Crippen MR) is 136 cm³/mol. The molecule has 8 nitrogen and oxygen atoms in total. The van der Waals surface area contributed by atoms with Gasteiger partial charge in [-0.05, 0) is 36.2 Å². The second kappa shape index (κ2) is 12.0. The number of nitrogens with zero attached hydrogens (tertiary/aromatic N) is 4. The molecule has 2 amide bonds. The molecule has 2 aliphatic heterocycles. The zero-order chi connectivity index (χ0) is 27.3. The first-order chi connectivity index (χ1) is 18.1. The van der Waals surface area contributed by atoms with Gasteiger partial charge in [0.05, 0.1) is 31.9 Å². The van der Waals surface area contributed by atoms with Crippen LogP contribution in [0, 0.1) is 5.92 Å². The number of morpholine rings is 1. The Morgan fingerprint density at radius 1 is 1.16 bits per heavy atom. The molecular formula is C26H28ClF3N4O4. The number of methoxy groups -OCH3 is 1. The summed E-state index contributed by atoms with van der Waals surface area (Å²) in [6, 6.07) is 8.98. The van der Waals surface area contributed by atoms with Crippen molar-refractivity contribution in [3.05, 3.63) is 65.5 Å². The number of benzene rings is 1. The zero-order valence-corrected chi connectivity index (χ0v) is 21.5. The van der Waals surface area contributed by atoms with E-state index in [1.807, 2.05) is 0 Å². The monoisotopic (exact) mass is 552 g/mol. The van der Waals surface area contributed by atoms with Crippen molar-refractivity contribution in [3.63, 3.8) is 0 Å². The Balaban J connectivity index is 1.60. The number of rotatable bonds is 5. The van der Waals surface area contributed by atoms with Gasteiger partial charge in [0.1, 0.15) is 10.9 Å². The molecule has 4 rings (SSSR count). The first kappa shape index (κ1) is 27.7. The van der Waals surface area contributed by atoms with Gasteiger partial charge >= 0.3 is 12.4 Å². The molecule has 2 aromatic rings. The van der Waals surface area contributed by atoms with Crippen LogP contribution in [-0.4, -0.2) is 79.6 Å². The summed E-state index contributed by atoms with van der Waals surface area (Å²) < 4.78 is 52.9. The number of halogens is 4. The van der Waals surface area contributed by atoms with Crippen LogP contribution < -0.4 is 4.74 Å². The van der Waals surface area contributed by atoms with Crippen LogP contribution >= 0.6 is 11.6 Å². The topological polar surface area (TPSA) is 76.5 Å². The van der Waals surface area contributed by atoms with Gasteiger partial charge in [0, 0.05) is 43.9 Å². The highest BCUT2D eigenvalue weighted by Crippen LogP contribution is 2.34. The molecule has 1 aromatic heterocycles. The summed E-state index contributed by atoms with van der Waals surface area (Å²) in [6.45, 7) is 6.68. The van der Waals surface area contributed by atoms with Crippen LogP contribution in [0.3, 0.4) is 0 Å². The fourth-order valence-electron chi connectivity index (χ4n) is 4.66. The highest BCUT2D eigenvalue weighted by Gasteiger charge is 2.36. The highest BCUT2D eigenvalue weighted by atomic mass is 35.5. The summed E-state index contributed by atoms with van der Waals surface area (Å²) in [5, 5.41) is 0.302. The fraction of sp³-hybridized carbons (Fsp3) is 0.423. The quantitative estimate of drug-likeness (QED) is 0.289. The lowest BCUT2D eigenvalue weighted by Gasteiger charge is -2.41. The molecule has 0 radical (unpaired) electrons. The van der Waals surface area contributed by atoms with Crippen LogP contribution in [-0.2, 0) is 9.47 Å². The predicted octanol–water partition coefficient (Wildman–Crippen LogP) is 5.21. The van der Waals surface area contributed by atoms with Crippen molar-refractivity contribution in [1.29, 1.82) is 0 Å². The van der Waals surface area contributed by atoms with E-state index in [0.29, 0.717) is 68.1 Å². The van der Waals surface area contributed by atoms with Crippen LogP contribution in [0.5, 0.6) is 5.75 Å². The third-order valence-electron chi connectivity index (χ3n) is 6.45. The maximum atomic E-state index is 13.4. The number of piperidine rings is 1. The maximum absolute atomic E-state index is 13.4. The molecule has 0 bridgehead atoms. The molecule has 0 saturated carbocycles. The standard InChI is InChI=1S/C26H28ClF3N4O4/c1-17(19-7-8-31-23(27)14-19)32-24(36-2)21-13-20(18-3-5-22(6-4-18)38-26(28,29)30)15-34(16-21)25(35)33-9-11-37-12-10-33/h3-8,14,20-21H,1,9-13,15-16H2,2H3. The Hall–Kier alpha value is -3.31. The van der Waals surface area contributed by atoms with E-state index >= 15 is 0 Å². The molecule has 204 valence electrons. The highest BCUT2D eigenvalue weighted by molar-refractivity contribution is 6.29. The summed E-state index contributed by atoms with van der Waals surface area (Å²) in [7, 11) is 1.51. The average molecular weight is 553 g/mol. The van der Waals surface area contributed by atoms with Crippen molar-refractivity contribution in [3.8, 4) is 5.75 Å². The number of alkyl halides is 3. The van der Waals surface area contributed by atoms with Crippen LogP contribution in [0.25, 0.3) is 5.70 Å². The van der Waals surface area contributed by atoms with Crippen LogP contribution in [0.2, 0.25) is 5.15 Å². The third-order valence-corrected chi connectivity index (χ3v) is 6.66. The average Bonchev–Trinajstić information content (AvgIpc) is 2.91. The number of pyridine rings is 1. The smallest absolute Gasteiger partial charge is 0.484 e. The van der Waals surface area contributed by atoms with E-state index < -0.39 is 6.36 Å². The second-order valence-corrected chi connectivity index (χ2v) is 9.39. The number of ether oxygens (including phenoxy) is 3. The van der Waals surface area contributed by atoms with E-state index in [1.165, 1.54) is 19.2 Å². The first-order valence-corrected chi connectivity index (χ1v) is 12.4. The van der Waals surface area contributed by atoms with Crippen LogP contribution in [0.4, 0.5) is 18.0 Å². The number of hydrogen-bond acceptors (Lipinski definition) is 6. The minimum atomic E-state index is -4.77. The van der Waals surface area contributed by atoms with Crippen molar-refractivity contribution in [2.24, 2.45) is 10.9 Å². The SMILES string of the molecule is C=C(N=C(OC)C1CC(c2ccc(OC(F)(F)F)cc2)CN(C(=O)N2CCOCC2)C1)c1ccnc(Cl)c1. The number of aliphatic imine (C=N–C) groups is 1. The van der Waals surface area contributed by atoms with E-state index in [-0.39, 0.29) is 23.6 Å². The molecule has 0 aliphatic carbocycles. The Kier molecular flexibility index (Phi) is 8.78. The molecule has 2 atom stereocenters. The molecule has 0 spiro atoms. The Morgan fingerprint density at radius 2 is 1.87 bits per heavy atom. The lowest BCUT2D eigenvalue weighted by Crippen LogP contribution is -2.53. The van der Waals surface area contributed by atoms with Crippen molar-refractivity contribution in [2.45, 2.75) is 18.7 Å². The molecular weight excluding hydrogens is 525 g/mol.